The molecule has 1 heterocycles. The lowest BCUT2D eigenvalue weighted by molar-refractivity contribution is -0.121. The van der Waals surface area contributed by atoms with Gasteiger partial charge in [0.05, 0.1) is 12.2 Å². The van der Waals surface area contributed by atoms with Crippen molar-refractivity contribution in [2.45, 2.75) is 25.8 Å². The maximum Gasteiger partial charge on any atom is 0.220 e. The number of oxazole rings is 1. The van der Waals surface area contributed by atoms with Crippen LogP contribution in [0.4, 0.5) is 0 Å². The first-order chi connectivity index (χ1) is 14.1. The highest BCUT2D eigenvalue weighted by Gasteiger charge is 2.14. The number of benzene rings is 3. The van der Waals surface area contributed by atoms with Gasteiger partial charge in [0.15, 0.2) is 11.7 Å². The van der Waals surface area contributed by atoms with E-state index >= 15 is 0 Å². The van der Waals surface area contributed by atoms with Crippen LogP contribution >= 0.6 is 11.6 Å². The number of halogens is 1. The second-order valence-corrected chi connectivity index (χ2v) is 7.42. The minimum Gasteiger partial charge on any atom is -0.441 e. The van der Waals surface area contributed by atoms with E-state index in [0.29, 0.717) is 29.5 Å². The molecule has 3 aromatic carbocycles. The van der Waals surface area contributed by atoms with Crippen molar-refractivity contribution < 1.29 is 9.21 Å². The number of aromatic nitrogens is 1. The van der Waals surface area contributed by atoms with E-state index in [0.717, 1.165) is 16.5 Å². The van der Waals surface area contributed by atoms with Crippen LogP contribution in [0.5, 0.6) is 0 Å². The van der Waals surface area contributed by atoms with Crippen LogP contribution in [0.2, 0.25) is 5.02 Å². The van der Waals surface area contributed by atoms with Gasteiger partial charge in [-0.05, 0) is 47.5 Å². The van der Waals surface area contributed by atoms with Crippen molar-refractivity contribution >= 4 is 28.3 Å². The van der Waals surface area contributed by atoms with E-state index < -0.39 is 0 Å². The molecule has 0 aliphatic heterocycles. The largest absolute Gasteiger partial charge is 0.441 e. The highest BCUT2D eigenvalue weighted by atomic mass is 35.5. The molecule has 0 unspecified atom stereocenters. The van der Waals surface area contributed by atoms with Gasteiger partial charge in [-0.15, -0.1) is 0 Å². The number of carbonyl (C=O) groups excluding carboxylic acids is 1. The lowest BCUT2D eigenvalue weighted by atomic mass is 9.99. The minimum absolute atomic E-state index is 0.0309. The number of hydrogen-bond donors (Lipinski definition) is 1. The summed E-state index contributed by atoms with van der Waals surface area (Å²) >= 11 is 5.92. The summed E-state index contributed by atoms with van der Waals surface area (Å²) in [7, 11) is 0. The Morgan fingerprint density at radius 2 is 1.83 bits per heavy atom. The SMILES string of the molecule is C[C@@H](NC(=O)CCc1ncc(-c2ccc(Cl)cc2)o1)c1cccc2ccccc12. The van der Waals surface area contributed by atoms with Crippen molar-refractivity contribution in [1.82, 2.24) is 10.3 Å². The Bertz CT molecular complexity index is 1130. The molecule has 1 amide bonds. The van der Waals surface area contributed by atoms with E-state index in [1.54, 1.807) is 18.3 Å². The van der Waals surface area contributed by atoms with Gasteiger partial charge in [-0.3, -0.25) is 4.79 Å². The number of fused-ring (bicyclic) bond motifs is 1. The fourth-order valence-corrected chi connectivity index (χ4v) is 3.54. The average Bonchev–Trinajstić information content (AvgIpc) is 3.21. The zero-order chi connectivity index (χ0) is 20.2. The van der Waals surface area contributed by atoms with Crippen LogP contribution in [0.1, 0.15) is 30.8 Å². The third-order valence-corrected chi connectivity index (χ3v) is 5.17. The molecule has 0 radical (unpaired) electrons. The van der Waals surface area contributed by atoms with Gasteiger partial charge in [0.25, 0.3) is 0 Å². The molecular formula is C24H21ClN2O2. The molecule has 5 heteroatoms. The first kappa shape index (κ1) is 19.2. The molecule has 1 atom stereocenters. The number of aryl methyl sites for hydroxylation is 1. The second kappa shape index (κ2) is 8.50. The van der Waals surface area contributed by atoms with Crippen LogP contribution in [0.15, 0.2) is 77.3 Å². The number of rotatable bonds is 6. The smallest absolute Gasteiger partial charge is 0.220 e. The summed E-state index contributed by atoms with van der Waals surface area (Å²) in [5, 5.41) is 6.07. The minimum atomic E-state index is -0.0808. The van der Waals surface area contributed by atoms with Crippen molar-refractivity contribution in [3.63, 3.8) is 0 Å². The Kier molecular flexibility index (Phi) is 5.63. The monoisotopic (exact) mass is 404 g/mol. The molecule has 4 aromatic rings. The van der Waals surface area contributed by atoms with E-state index in [9.17, 15) is 4.79 Å². The number of nitrogens with one attached hydrogen (secondary N) is 1. The lowest BCUT2D eigenvalue weighted by Gasteiger charge is -2.16. The predicted octanol–water partition coefficient (Wildman–Crippen LogP) is 5.96. The molecule has 0 aliphatic rings. The summed E-state index contributed by atoms with van der Waals surface area (Å²) in [6, 6.07) is 21.6. The van der Waals surface area contributed by atoms with Crippen LogP contribution in [-0.2, 0) is 11.2 Å². The van der Waals surface area contributed by atoms with Gasteiger partial charge >= 0.3 is 0 Å². The molecule has 0 aliphatic carbocycles. The predicted molar refractivity (Wildman–Crippen MR) is 116 cm³/mol. The summed E-state index contributed by atoms with van der Waals surface area (Å²) in [6.45, 7) is 2.00. The highest BCUT2D eigenvalue weighted by Crippen LogP contribution is 2.25. The molecule has 4 rings (SSSR count). The molecule has 0 saturated heterocycles. The average molecular weight is 405 g/mol. The molecule has 0 saturated carbocycles. The van der Waals surface area contributed by atoms with Crippen molar-refractivity contribution in [1.29, 1.82) is 0 Å². The van der Waals surface area contributed by atoms with Crippen LogP contribution in [0.25, 0.3) is 22.1 Å². The number of hydrogen-bond acceptors (Lipinski definition) is 3. The Morgan fingerprint density at radius 1 is 1.07 bits per heavy atom. The maximum absolute atomic E-state index is 12.5. The lowest BCUT2D eigenvalue weighted by Crippen LogP contribution is -2.27. The van der Waals surface area contributed by atoms with Crippen LogP contribution in [0, 0.1) is 0 Å². The molecule has 146 valence electrons. The van der Waals surface area contributed by atoms with Crippen molar-refractivity contribution in [2.75, 3.05) is 0 Å². The Balaban J connectivity index is 1.37. The third kappa shape index (κ3) is 4.49. The van der Waals surface area contributed by atoms with E-state index in [4.69, 9.17) is 16.0 Å². The summed E-state index contributed by atoms with van der Waals surface area (Å²) in [6.07, 6.45) is 2.44. The molecule has 4 nitrogen and oxygen atoms in total. The molecule has 0 spiro atoms. The molecular weight excluding hydrogens is 384 g/mol. The summed E-state index contributed by atoms with van der Waals surface area (Å²) in [5.41, 5.74) is 2.01. The summed E-state index contributed by atoms with van der Waals surface area (Å²) in [5.74, 6) is 1.18. The van der Waals surface area contributed by atoms with E-state index in [1.807, 2.05) is 37.3 Å². The highest BCUT2D eigenvalue weighted by molar-refractivity contribution is 6.30. The second-order valence-electron chi connectivity index (χ2n) is 6.98. The molecule has 1 aromatic heterocycles. The maximum atomic E-state index is 12.5. The molecule has 1 N–H and O–H groups in total. The van der Waals surface area contributed by atoms with Gasteiger partial charge in [0, 0.05) is 23.4 Å². The van der Waals surface area contributed by atoms with E-state index in [1.165, 1.54) is 5.39 Å². The zero-order valence-corrected chi connectivity index (χ0v) is 16.8. The van der Waals surface area contributed by atoms with Gasteiger partial charge in [0.1, 0.15) is 0 Å². The number of amides is 1. The third-order valence-electron chi connectivity index (χ3n) is 4.92. The quantitative estimate of drug-likeness (QED) is 0.431. The Morgan fingerprint density at radius 3 is 2.66 bits per heavy atom. The van der Waals surface area contributed by atoms with Gasteiger partial charge in [-0.2, -0.15) is 0 Å². The molecule has 0 fully saturated rings. The van der Waals surface area contributed by atoms with Gasteiger partial charge < -0.3 is 9.73 Å². The van der Waals surface area contributed by atoms with Crippen molar-refractivity contribution in [3.8, 4) is 11.3 Å². The first-order valence-corrected chi connectivity index (χ1v) is 9.95. The fraction of sp³-hybridized carbons (Fsp3) is 0.167. The molecule has 0 bridgehead atoms. The van der Waals surface area contributed by atoms with Crippen molar-refractivity contribution in [3.05, 3.63) is 89.4 Å². The van der Waals surface area contributed by atoms with Gasteiger partial charge in [0.2, 0.25) is 5.91 Å². The van der Waals surface area contributed by atoms with E-state index in [-0.39, 0.29) is 11.9 Å². The van der Waals surface area contributed by atoms with Gasteiger partial charge in [-0.25, -0.2) is 4.98 Å². The van der Waals surface area contributed by atoms with Crippen LogP contribution < -0.4 is 5.32 Å². The Hall–Kier alpha value is -3.11. The van der Waals surface area contributed by atoms with E-state index in [2.05, 4.69) is 34.6 Å². The zero-order valence-electron chi connectivity index (χ0n) is 16.1. The standard InChI is InChI=1S/C24H21ClN2O2/c1-16(20-8-4-6-17-5-2-3-7-21(17)20)27-23(28)13-14-24-26-15-22(29-24)18-9-11-19(25)12-10-18/h2-12,15-16H,13-14H2,1H3,(H,27,28)/t16-/m1/s1. The number of carbonyl (C=O) groups is 1. The molecule has 29 heavy (non-hydrogen) atoms. The summed E-state index contributed by atoms with van der Waals surface area (Å²) < 4.78 is 5.77. The fourth-order valence-electron chi connectivity index (χ4n) is 3.41. The van der Waals surface area contributed by atoms with Crippen molar-refractivity contribution in [2.24, 2.45) is 0 Å². The first-order valence-electron chi connectivity index (χ1n) is 9.58. The van der Waals surface area contributed by atoms with Crippen LogP contribution in [-0.4, -0.2) is 10.9 Å². The Labute approximate surface area is 174 Å². The van der Waals surface area contributed by atoms with Gasteiger partial charge in [-0.1, -0.05) is 54.1 Å². The van der Waals surface area contributed by atoms with Crippen LogP contribution in [0.3, 0.4) is 0 Å². The topological polar surface area (TPSA) is 55.1 Å². The summed E-state index contributed by atoms with van der Waals surface area (Å²) in [4.78, 5) is 16.7. The number of nitrogens with zero attached hydrogens (tertiary/aromatic N) is 1. The normalized spacial score (nSPS) is 12.1.